The van der Waals surface area contributed by atoms with E-state index >= 15 is 0 Å². The fourth-order valence-corrected chi connectivity index (χ4v) is 2.59. The van der Waals surface area contributed by atoms with Crippen LogP contribution in [0.25, 0.3) is 0 Å². The maximum absolute atomic E-state index is 9.79. The van der Waals surface area contributed by atoms with Crippen LogP contribution in [0.3, 0.4) is 0 Å². The van der Waals surface area contributed by atoms with Crippen molar-refractivity contribution in [2.75, 3.05) is 0 Å². The molecule has 0 aromatic carbocycles. The Balaban J connectivity index is 2.06. The van der Waals surface area contributed by atoms with Crippen LogP contribution in [-0.4, -0.2) is 14.7 Å². The third-order valence-corrected chi connectivity index (χ3v) is 3.62. The number of rotatable bonds is 3. The van der Waals surface area contributed by atoms with Crippen LogP contribution in [0.4, 0.5) is 0 Å². The minimum absolute atomic E-state index is 0.493. The molecule has 14 heavy (non-hydrogen) atoms. The average Bonchev–Trinajstić information content (AvgIpc) is 2.75. The summed E-state index contributed by atoms with van der Waals surface area (Å²) >= 11 is 8.44. The number of nitrogens with zero attached hydrogens (tertiary/aromatic N) is 2. The Morgan fingerprint density at radius 3 is 2.93 bits per heavy atom. The molecule has 0 saturated carbocycles. The summed E-state index contributed by atoms with van der Waals surface area (Å²) in [4.78, 5) is 0.864. The maximum Gasteiger partial charge on any atom is 0.0938 e. The second-order valence-electron chi connectivity index (χ2n) is 2.76. The van der Waals surface area contributed by atoms with Crippen molar-refractivity contribution in [1.29, 1.82) is 0 Å². The quantitative estimate of drug-likeness (QED) is 0.905. The van der Waals surface area contributed by atoms with Gasteiger partial charge in [-0.05, 0) is 23.7 Å². The van der Waals surface area contributed by atoms with Gasteiger partial charge in [0.15, 0.2) is 0 Å². The first kappa shape index (κ1) is 10.0. The van der Waals surface area contributed by atoms with Crippen molar-refractivity contribution in [2.45, 2.75) is 12.5 Å². The summed E-state index contributed by atoms with van der Waals surface area (Å²) < 4.78 is 4.42. The van der Waals surface area contributed by atoms with E-state index in [1.54, 1.807) is 6.07 Å². The molecule has 0 aliphatic carbocycles. The predicted octanol–water partition coefficient (Wildman–Crippen LogP) is 2.53. The van der Waals surface area contributed by atoms with E-state index in [-0.39, 0.29) is 0 Å². The molecule has 0 amide bonds. The van der Waals surface area contributed by atoms with Crippen LogP contribution in [0.15, 0.2) is 17.5 Å². The molecule has 6 heteroatoms. The van der Waals surface area contributed by atoms with E-state index in [1.165, 1.54) is 22.9 Å². The van der Waals surface area contributed by atoms with Gasteiger partial charge in [-0.1, -0.05) is 16.1 Å². The molecule has 0 radical (unpaired) electrons. The largest absolute Gasteiger partial charge is 0.387 e. The van der Waals surface area contributed by atoms with Crippen LogP contribution < -0.4 is 0 Å². The molecule has 0 bridgehead atoms. The number of aliphatic hydroxyl groups excluding tert-OH is 1. The molecule has 0 aliphatic rings. The highest BCUT2D eigenvalue weighted by molar-refractivity contribution is 7.16. The summed E-state index contributed by atoms with van der Waals surface area (Å²) in [7, 11) is 0. The van der Waals surface area contributed by atoms with Gasteiger partial charge in [0, 0.05) is 16.7 Å². The number of thiophene rings is 1. The lowest BCUT2D eigenvalue weighted by molar-refractivity contribution is 0.181. The Hall–Kier alpha value is -0.490. The van der Waals surface area contributed by atoms with Crippen LogP contribution in [0.1, 0.15) is 16.7 Å². The van der Waals surface area contributed by atoms with Crippen LogP contribution in [0, 0.1) is 0 Å². The normalized spacial score (nSPS) is 13.0. The van der Waals surface area contributed by atoms with Crippen molar-refractivity contribution in [1.82, 2.24) is 9.59 Å². The lowest BCUT2D eigenvalue weighted by Gasteiger charge is -2.04. The van der Waals surface area contributed by atoms with E-state index in [2.05, 4.69) is 9.59 Å². The number of aliphatic hydroxyl groups is 1. The Kier molecular flexibility index (Phi) is 3.12. The Labute approximate surface area is 94.1 Å². The van der Waals surface area contributed by atoms with Crippen molar-refractivity contribution in [3.05, 3.63) is 32.4 Å². The fourth-order valence-electron chi connectivity index (χ4n) is 1.08. The summed E-state index contributed by atoms with van der Waals surface area (Å²) in [6.07, 6.45) is -0.0377. The number of aromatic nitrogens is 2. The number of hydrogen-bond donors (Lipinski definition) is 1. The van der Waals surface area contributed by atoms with Gasteiger partial charge in [-0.15, -0.1) is 16.4 Å². The first-order chi connectivity index (χ1) is 6.75. The number of halogens is 1. The molecular weight excluding hydrogens is 240 g/mol. The Morgan fingerprint density at radius 1 is 1.50 bits per heavy atom. The van der Waals surface area contributed by atoms with E-state index in [0.29, 0.717) is 10.8 Å². The lowest BCUT2D eigenvalue weighted by atomic mass is 10.2. The van der Waals surface area contributed by atoms with E-state index < -0.39 is 6.10 Å². The van der Waals surface area contributed by atoms with Crippen molar-refractivity contribution in [2.24, 2.45) is 0 Å². The molecule has 0 saturated heterocycles. The van der Waals surface area contributed by atoms with Gasteiger partial charge in [0.2, 0.25) is 0 Å². The minimum Gasteiger partial charge on any atom is -0.387 e. The molecular formula is C8H7ClN2OS2. The van der Waals surface area contributed by atoms with Crippen molar-refractivity contribution in [3.63, 3.8) is 0 Å². The fraction of sp³-hybridized carbons (Fsp3) is 0.250. The van der Waals surface area contributed by atoms with Crippen molar-refractivity contribution >= 4 is 34.5 Å². The third kappa shape index (κ3) is 2.30. The summed E-state index contributed by atoms with van der Waals surface area (Å²) in [6.45, 7) is 0. The zero-order valence-corrected chi connectivity index (χ0v) is 9.44. The molecule has 2 rings (SSSR count). The van der Waals surface area contributed by atoms with Crippen molar-refractivity contribution in [3.8, 4) is 0 Å². The molecule has 2 heterocycles. The molecule has 1 unspecified atom stereocenters. The van der Waals surface area contributed by atoms with Gasteiger partial charge in [0.05, 0.1) is 16.1 Å². The third-order valence-electron chi connectivity index (χ3n) is 1.73. The average molecular weight is 247 g/mol. The SMILES string of the molecule is OC(Cc1csnn1)c1ccc(Cl)s1. The second kappa shape index (κ2) is 4.35. The zero-order valence-electron chi connectivity index (χ0n) is 7.05. The molecule has 2 aromatic rings. The first-order valence-corrected chi connectivity index (χ1v) is 5.98. The molecule has 1 atom stereocenters. The van der Waals surface area contributed by atoms with Crippen LogP contribution in [-0.2, 0) is 6.42 Å². The highest BCUT2D eigenvalue weighted by Gasteiger charge is 2.12. The molecule has 3 nitrogen and oxygen atoms in total. The van der Waals surface area contributed by atoms with Gasteiger partial charge in [0.1, 0.15) is 0 Å². The van der Waals surface area contributed by atoms with Crippen LogP contribution >= 0.6 is 34.5 Å². The predicted molar refractivity (Wildman–Crippen MR) is 57.9 cm³/mol. The number of hydrogen-bond acceptors (Lipinski definition) is 5. The second-order valence-corrected chi connectivity index (χ2v) is 5.11. The molecule has 1 N–H and O–H groups in total. The summed E-state index contributed by atoms with van der Waals surface area (Å²) in [6, 6.07) is 3.61. The van der Waals surface area contributed by atoms with Crippen LogP contribution in [0.5, 0.6) is 0 Å². The molecule has 74 valence electrons. The Bertz CT molecular complexity index is 401. The molecule has 2 aromatic heterocycles. The van der Waals surface area contributed by atoms with Gasteiger partial charge in [0.25, 0.3) is 0 Å². The summed E-state index contributed by atoms with van der Waals surface area (Å²) in [5.41, 5.74) is 0.812. The monoisotopic (exact) mass is 246 g/mol. The molecule has 0 spiro atoms. The lowest BCUT2D eigenvalue weighted by Crippen LogP contribution is -1.99. The molecule has 0 fully saturated rings. The van der Waals surface area contributed by atoms with Gasteiger partial charge in [-0.25, -0.2) is 0 Å². The minimum atomic E-state index is -0.531. The van der Waals surface area contributed by atoms with Gasteiger partial charge in [-0.2, -0.15) is 0 Å². The highest BCUT2D eigenvalue weighted by Crippen LogP contribution is 2.28. The maximum atomic E-state index is 9.79. The van der Waals surface area contributed by atoms with E-state index in [4.69, 9.17) is 11.6 Å². The Morgan fingerprint density at radius 2 is 2.36 bits per heavy atom. The standard InChI is InChI=1S/C8H7ClN2OS2/c9-8-2-1-7(14-8)6(12)3-5-4-13-11-10-5/h1-2,4,6,12H,3H2. The highest BCUT2D eigenvalue weighted by atomic mass is 35.5. The van der Waals surface area contributed by atoms with E-state index in [0.717, 1.165) is 10.6 Å². The first-order valence-electron chi connectivity index (χ1n) is 3.95. The van der Waals surface area contributed by atoms with Crippen LogP contribution in [0.2, 0.25) is 4.34 Å². The topological polar surface area (TPSA) is 46.0 Å². The smallest absolute Gasteiger partial charge is 0.0938 e. The van der Waals surface area contributed by atoms with E-state index in [9.17, 15) is 5.11 Å². The summed E-state index contributed by atoms with van der Waals surface area (Å²) in [5, 5.41) is 15.5. The van der Waals surface area contributed by atoms with Gasteiger partial charge in [-0.3, -0.25) is 0 Å². The van der Waals surface area contributed by atoms with Gasteiger partial charge >= 0.3 is 0 Å². The zero-order chi connectivity index (χ0) is 9.97. The van der Waals surface area contributed by atoms with E-state index in [1.807, 2.05) is 11.4 Å². The molecule has 0 aliphatic heterocycles. The van der Waals surface area contributed by atoms with Crippen molar-refractivity contribution < 1.29 is 5.11 Å². The van der Waals surface area contributed by atoms with Gasteiger partial charge < -0.3 is 5.11 Å². The summed E-state index contributed by atoms with van der Waals surface area (Å²) in [5.74, 6) is 0.